The Balaban J connectivity index is 1.97. The Hall–Kier alpha value is -2.35. The molecule has 0 atom stereocenters. The van der Waals surface area contributed by atoms with Crippen LogP contribution in [0.1, 0.15) is 11.1 Å². The molecule has 2 nitrogen and oxygen atoms in total. The number of hydrogen-bond acceptors (Lipinski definition) is 1. The Bertz CT molecular complexity index is 541. The van der Waals surface area contributed by atoms with Gasteiger partial charge < -0.3 is 5.32 Å². The number of nitrogens with one attached hydrogen (secondary N) is 1. The molecule has 0 aliphatic heterocycles. The van der Waals surface area contributed by atoms with Gasteiger partial charge in [-0.05, 0) is 30.7 Å². The van der Waals surface area contributed by atoms with Crippen LogP contribution in [0.5, 0.6) is 0 Å². The molecule has 0 saturated heterocycles. The monoisotopic (exact) mass is 237 g/mol. The van der Waals surface area contributed by atoms with E-state index in [1.165, 1.54) is 11.6 Å². The Morgan fingerprint density at radius 3 is 2.33 bits per heavy atom. The molecule has 1 N–H and O–H groups in total. The van der Waals surface area contributed by atoms with Gasteiger partial charge in [0.25, 0.3) is 0 Å². The number of carbonyl (C=O) groups is 1. The molecule has 2 heteroatoms. The van der Waals surface area contributed by atoms with Crippen molar-refractivity contribution in [3.63, 3.8) is 0 Å². The number of amides is 1. The van der Waals surface area contributed by atoms with Crippen molar-refractivity contribution in [3.05, 3.63) is 71.8 Å². The van der Waals surface area contributed by atoms with E-state index in [2.05, 4.69) is 5.32 Å². The second-order valence-electron chi connectivity index (χ2n) is 4.10. The van der Waals surface area contributed by atoms with E-state index in [-0.39, 0.29) is 5.91 Å². The first-order chi connectivity index (χ1) is 8.74. The van der Waals surface area contributed by atoms with E-state index in [9.17, 15) is 4.79 Å². The van der Waals surface area contributed by atoms with Gasteiger partial charge in [0.2, 0.25) is 5.91 Å². The van der Waals surface area contributed by atoms with Gasteiger partial charge in [0, 0.05) is 11.8 Å². The molecule has 0 bridgehead atoms. The summed E-state index contributed by atoms with van der Waals surface area (Å²) in [6, 6.07) is 17.5. The Morgan fingerprint density at radius 2 is 1.67 bits per heavy atom. The fourth-order valence-electron chi connectivity index (χ4n) is 1.56. The quantitative estimate of drug-likeness (QED) is 0.811. The SMILES string of the molecule is Cc1ccc(NC(=O)/C=C/c2ccccc2)cc1. The van der Waals surface area contributed by atoms with E-state index in [0.29, 0.717) is 0 Å². The van der Waals surface area contributed by atoms with Gasteiger partial charge in [-0.25, -0.2) is 0 Å². The van der Waals surface area contributed by atoms with Crippen LogP contribution in [0.15, 0.2) is 60.7 Å². The van der Waals surface area contributed by atoms with Crippen LogP contribution < -0.4 is 5.32 Å². The molecule has 90 valence electrons. The van der Waals surface area contributed by atoms with E-state index in [0.717, 1.165) is 11.3 Å². The lowest BCUT2D eigenvalue weighted by atomic mass is 10.2. The highest BCUT2D eigenvalue weighted by atomic mass is 16.1. The molecule has 0 unspecified atom stereocenters. The Labute approximate surface area is 107 Å². The topological polar surface area (TPSA) is 29.1 Å². The fourth-order valence-corrected chi connectivity index (χ4v) is 1.56. The van der Waals surface area contributed by atoms with Crippen molar-refractivity contribution in [1.82, 2.24) is 0 Å². The maximum absolute atomic E-state index is 11.7. The summed E-state index contributed by atoms with van der Waals surface area (Å²) in [5.41, 5.74) is 2.99. The number of rotatable bonds is 3. The zero-order valence-corrected chi connectivity index (χ0v) is 10.3. The van der Waals surface area contributed by atoms with Crippen molar-refractivity contribution in [1.29, 1.82) is 0 Å². The van der Waals surface area contributed by atoms with E-state index in [1.54, 1.807) is 6.08 Å². The number of benzene rings is 2. The summed E-state index contributed by atoms with van der Waals surface area (Å²) in [5, 5.41) is 2.81. The van der Waals surface area contributed by atoms with Crippen LogP contribution in [0.3, 0.4) is 0 Å². The third-order valence-electron chi connectivity index (χ3n) is 2.55. The first-order valence-electron chi connectivity index (χ1n) is 5.85. The molecule has 0 fully saturated rings. The van der Waals surface area contributed by atoms with Gasteiger partial charge in [0.05, 0.1) is 0 Å². The third kappa shape index (κ3) is 3.59. The summed E-state index contributed by atoms with van der Waals surface area (Å²) in [6.45, 7) is 2.01. The molecule has 1 amide bonds. The van der Waals surface area contributed by atoms with E-state index >= 15 is 0 Å². The van der Waals surface area contributed by atoms with E-state index < -0.39 is 0 Å². The maximum atomic E-state index is 11.7. The number of anilines is 1. The maximum Gasteiger partial charge on any atom is 0.248 e. The highest BCUT2D eigenvalue weighted by molar-refractivity contribution is 6.01. The normalized spacial score (nSPS) is 10.5. The average Bonchev–Trinajstić information content (AvgIpc) is 2.40. The fraction of sp³-hybridized carbons (Fsp3) is 0.0625. The lowest BCUT2D eigenvalue weighted by Crippen LogP contribution is -2.07. The van der Waals surface area contributed by atoms with Gasteiger partial charge >= 0.3 is 0 Å². The van der Waals surface area contributed by atoms with Crippen molar-refractivity contribution in [3.8, 4) is 0 Å². The van der Waals surface area contributed by atoms with Crippen LogP contribution in [0.4, 0.5) is 5.69 Å². The van der Waals surface area contributed by atoms with Crippen LogP contribution in [0, 0.1) is 6.92 Å². The Kier molecular flexibility index (Phi) is 3.92. The molecule has 0 radical (unpaired) electrons. The van der Waals surface area contributed by atoms with Gasteiger partial charge in [-0.1, -0.05) is 48.0 Å². The van der Waals surface area contributed by atoms with E-state index in [4.69, 9.17) is 0 Å². The molecular weight excluding hydrogens is 222 g/mol. The minimum absolute atomic E-state index is 0.122. The molecule has 0 aromatic heterocycles. The molecule has 2 rings (SSSR count). The average molecular weight is 237 g/mol. The molecule has 0 heterocycles. The summed E-state index contributed by atoms with van der Waals surface area (Å²) in [5.74, 6) is -0.122. The van der Waals surface area contributed by atoms with Gasteiger partial charge in [-0.3, -0.25) is 4.79 Å². The van der Waals surface area contributed by atoms with Crippen LogP contribution in [0.2, 0.25) is 0 Å². The molecule has 0 spiro atoms. The van der Waals surface area contributed by atoms with Crippen LogP contribution >= 0.6 is 0 Å². The van der Waals surface area contributed by atoms with Crippen LogP contribution in [0.25, 0.3) is 6.08 Å². The van der Waals surface area contributed by atoms with Gasteiger partial charge in [-0.15, -0.1) is 0 Å². The van der Waals surface area contributed by atoms with Crippen molar-refractivity contribution in [2.24, 2.45) is 0 Å². The van der Waals surface area contributed by atoms with Crippen LogP contribution in [-0.2, 0) is 4.79 Å². The summed E-state index contributed by atoms with van der Waals surface area (Å²) in [6.07, 6.45) is 3.33. The molecule has 2 aromatic carbocycles. The predicted molar refractivity (Wildman–Crippen MR) is 75.3 cm³/mol. The number of hydrogen-bond donors (Lipinski definition) is 1. The standard InChI is InChI=1S/C16H15NO/c1-13-7-10-15(11-8-13)17-16(18)12-9-14-5-3-2-4-6-14/h2-12H,1H3,(H,17,18)/b12-9+. The van der Waals surface area contributed by atoms with Crippen molar-refractivity contribution in [2.45, 2.75) is 6.92 Å². The lowest BCUT2D eigenvalue weighted by Gasteiger charge is -2.02. The van der Waals surface area contributed by atoms with Gasteiger partial charge in [-0.2, -0.15) is 0 Å². The lowest BCUT2D eigenvalue weighted by molar-refractivity contribution is -0.111. The molecular formula is C16H15NO. The summed E-state index contributed by atoms with van der Waals surface area (Å²) in [4.78, 5) is 11.7. The largest absolute Gasteiger partial charge is 0.323 e. The Morgan fingerprint density at radius 1 is 1.00 bits per heavy atom. The summed E-state index contributed by atoms with van der Waals surface area (Å²) in [7, 11) is 0. The number of aryl methyl sites for hydroxylation is 1. The molecule has 18 heavy (non-hydrogen) atoms. The highest BCUT2D eigenvalue weighted by Gasteiger charge is 1.96. The summed E-state index contributed by atoms with van der Waals surface area (Å²) < 4.78 is 0. The molecule has 0 aliphatic carbocycles. The second-order valence-corrected chi connectivity index (χ2v) is 4.10. The highest BCUT2D eigenvalue weighted by Crippen LogP contribution is 2.09. The van der Waals surface area contributed by atoms with Gasteiger partial charge in [0.15, 0.2) is 0 Å². The van der Waals surface area contributed by atoms with Crippen molar-refractivity contribution >= 4 is 17.7 Å². The molecule has 0 saturated carbocycles. The predicted octanol–water partition coefficient (Wildman–Crippen LogP) is 3.65. The van der Waals surface area contributed by atoms with Gasteiger partial charge in [0.1, 0.15) is 0 Å². The molecule has 0 aliphatic rings. The first kappa shape index (κ1) is 12.1. The first-order valence-corrected chi connectivity index (χ1v) is 5.85. The zero-order chi connectivity index (χ0) is 12.8. The van der Waals surface area contributed by atoms with Crippen LogP contribution in [-0.4, -0.2) is 5.91 Å². The third-order valence-corrected chi connectivity index (χ3v) is 2.55. The molecule has 2 aromatic rings. The smallest absolute Gasteiger partial charge is 0.248 e. The summed E-state index contributed by atoms with van der Waals surface area (Å²) >= 11 is 0. The minimum Gasteiger partial charge on any atom is -0.323 e. The second kappa shape index (κ2) is 5.82. The minimum atomic E-state index is -0.122. The van der Waals surface area contributed by atoms with E-state index in [1.807, 2.05) is 61.5 Å². The van der Waals surface area contributed by atoms with Crippen molar-refractivity contribution in [2.75, 3.05) is 5.32 Å². The number of carbonyl (C=O) groups excluding carboxylic acids is 1. The van der Waals surface area contributed by atoms with Crippen molar-refractivity contribution < 1.29 is 4.79 Å². The zero-order valence-electron chi connectivity index (χ0n) is 10.3.